The molecule has 31 heavy (non-hydrogen) atoms. The van der Waals surface area contributed by atoms with Crippen molar-refractivity contribution in [3.05, 3.63) is 68.9 Å². The lowest BCUT2D eigenvalue weighted by Crippen LogP contribution is -2.37. The first-order valence-corrected chi connectivity index (χ1v) is 11.8. The van der Waals surface area contributed by atoms with Crippen LogP contribution in [0.2, 0.25) is 0 Å². The van der Waals surface area contributed by atoms with Crippen molar-refractivity contribution in [1.29, 1.82) is 0 Å². The maximum atomic E-state index is 13.2. The molecule has 0 atom stereocenters. The summed E-state index contributed by atoms with van der Waals surface area (Å²) in [6.07, 6.45) is 3.32. The van der Waals surface area contributed by atoms with Gasteiger partial charge >= 0.3 is 5.69 Å². The van der Waals surface area contributed by atoms with Crippen molar-refractivity contribution in [1.82, 2.24) is 14.3 Å². The van der Waals surface area contributed by atoms with Gasteiger partial charge in [-0.15, -0.1) is 0 Å². The Kier molecular flexibility index (Phi) is 5.72. The molecule has 0 saturated heterocycles. The summed E-state index contributed by atoms with van der Waals surface area (Å²) < 4.78 is 30.5. The van der Waals surface area contributed by atoms with Crippen molar-refractivity contribution in [2.45, 2.75) is 42.5 Å². The van der Waals surface area contributed by atoms with Crippen LogP contribution in [0.1, 0.15) is 37.2 Å². The zero-order valence-electron chi connectivity index (χ0n) is 17.5. The van der Waals surface area contributed by atoms with Crippen LogP contribution in [0.3, 0.4) is 0 Å². The highest BCUT2D eigenvalue weighted by molar-refractivity contribution is 7.89. The zero-order chi connectivity index (χ0) is 22.2. The van der Waals surface area contributed by atoms with E-state index in [-0.39, 0.29) is 16.3 Å². The molecule has 1 aliphatic carbocycles. The van der Waals surface area contributed by atoms with Gasteiger partial charge in [-0.1, -0.05) is 30.3 Å². The number of hydrogen-bond donors (Lipinski definition) is 3. The van der Waals surface area contributed by atoms with Crippen LogP contribution in [0.5, 0.6) is 0 Å². The molecule has 1 heterocycles. The van der Waals surface area contributed by atoms with Crippen LogP contribution in [0.15, 0.2) is 56.9 Å². The normalized spacial score (nSPS) is 19.4. The molecule has 3 aromatic rings. The molecule has 0 bridgehead atoms. The van der Waals surface area contributed by atoms with E-state index < -0.39 is 21.3 Å². The Labute approximate surface area is 180 Å². The second-order valence-corrected chi connectivity index (χ2v) is 9.70. The number of H-pyrrole nitrogens is 1. The predicted molar refractivity (Wildman–Crippen MR) is 121 cm³/mol. The minimum absolute atomic E-state index is 0.00293. The third kappa shape index (κ3) is 4.15. The molecule has 0 aliphatic heterocycles. The molecule has 1 aliphatic rings. The van der Waals surface area contributed by atoms with Gasteiger partial charge in [0, 0.05) is 20.1 Å². The number of benzene rings is 2. The monoisotopic (exact) mass is 442 g/mol. The first kappa shape index (κ1) is 21.3. The van der Waals surface area contributed by atoms with Crippen LogP contribution in [0.25, 0.3) is 10.9 Å². The maximum Gasteiger partial charge on any atom is 0.328 e. The van der Waals surface area contributed by atoms with Gasteiger partial charge in [0.05, 0.1) is 16.6 Å². The fourth-order valence-corrected chi connectivity index (χ4v) is 5.88. The first-order valence-electron chi connectivity index (χ1n) is 10.3. The molecule has 1 fully saturated rings. The van der Waals surface area contributed by atoms with E-state index in [0.717, 1.165) is 25.7 Å². The summed E-state index contributed by atoms with van der Waals surface area (Å²) in [7, 11) is -0.736. The standard InChI is InChI=1S/C22H26N4O4S/c1-23-18-13-19-17(21(27)24-22(28)26(19)2)12-20(18)31(29,30)25-16-10-8-15(9-11-16)14-6-4-3-5-7-14/h3-7,12-13,15-16,23,25H,8-11H2,1-2H3,(H,24,27,28). The van der Waals surface area contributed by atoms with Gasteiger partial charge in [-0.25, -0.2) is 17.9 Å². The summed E-state index contributed by atoms with van der Waals surface area (Å²) in [6.45, 7) is 0. The largest absolute Gasteiger partial charge is 0.387 e. The Morgan fingerprint density at radius 2 is 1.71 bits per heavy atom. The van der Waals surface area contributed by atoms with Crippen molar-refractivity contribution in [3.63, 3.8) is 0 Å². The van der Waals surface area contributed by atoms with Crippen LogP contribution in [0, 0.1) is 0 Å². The number of sulfonamides is 1. The topological polar surface area (TPSA) is 113 Å². The van der Waals surface area contributed by atoms with Crippen molar-refractivity contribution < 1.29 is 8.42 Å². The lowest BCUT2D eigenvalue weighted by atomic mass is 9.82. The van der Waals surface area contributed by atoms with Crippen molar-refractivity contribution in [2.24, 2.45) is 7.05 Å². The van der Waals surface area contributed by atoms with E-state index in [4.69, 9.17) is 0 Å². The van der Waals surface area contributed by atoms with Crippen LogP contribution < -0.4 is 21.3 Å². The molecule has 9 heteroatoms. The average molecular weight is 443 g/mol. The van der Waals surface area contributed by atoms with E-state index in [1.807, 2.05) is 18.2 Å². The Morgan fingerprint density at radius 1 is 1.03 bits per heavy atom. The number of fused-ring (bicyclic) bond motifs is 1. The van der Waals surface area contributed by atoms with E-state index in [1.165, 1.54) is 29.3 Å². The van der Waals surface area contributed by atoms with Gasteiger partial charge in [-0.3, -0.25) is 14.3 Å². The highest BCUT2D eigenvalue weighted by Crippen LogP contribution is 2.34. The van der Waals surface area contributed by atoms with Gasteiger partial charge in [0.1, 0.15) is 4.90 Å². The quantitative estimate of drug-likeness (QED) is 0.561. The molecule has 0 spiro atoms. The Morgan fingerprint density at radius 3 is 2.35 bits per heavy atom. The Hall–Kier alpha value is -2.91. The van der Waals surface area contributed by atoms with E-state index >= 15 is 0 Å². The van der Waals surface area contributed by atoms with Crippen LogP contribution in [0.4, 0.5) is 5.69 Å². The van der Waals surface area contributed by atoms with E-state index in [9.17, 15) is 18.0 Å². The van der Waals surface area contributed by atoms with E-state index in [0.29, 0.717) is 17.1 Å². The lowest BCUT2D eigenvalue weighted by molar-refractivity contribution is 0.374. The van der Waals surface area contributed by atoms with Gasteiger partial charge in [-0.2, -0.15) is 0 Å². The average Bonchev–Trinajstić information content (AvgIpc) is 2.77. The molecule has 3 N–H and O–H groups in total. The summed E-state index contributed by atoms with van der Waals surface area (Å²) >= 11 is 0. The van der Waals surface area contributed by atoms with Crippen LogP contribution >= 0.6 is 0 Å². The van der Waals surface area contributed by atoms with Crippen LogP contribution in [-0.2, 0) is 17.1 Å². The molecule has 0 radical (unpaired) electrons. The fourth-order valence-electron chi connectivity index (χ4n) is 4.36. The van der Waals surface area contributed by atoms with Crippen molar-refractivity contribution in [3.8, 4) is 0 Å². The molecule has 0 unspecified atom stereocenters. The summed E-state index contributed by atoms with van der Waals surface area (Å²) in [6, 6.07) is 13.0. The minimum Gasteiger partial charge on any atom is -0.387 e. The number of nitrogens with zero attached hydrogens (tertiary/aromatic N) is 1. The molecule has 1 saturated carbocycles. The summed E-state index contributed by atoms with van der Waals surface area (Å²) in [5.41, 5.74) is 0.823. The third-order valence-corrected chi connectivity index (χ3v) is 7.67. The van der Waals surface area contributed by atoms with Gasteiger partial charge in [0.15, 0.2) is 0 Å². The second kappa shape index (κ2) is 8.32. The molecule has 164 valence electrons. The van der Waals surface area contributed by atoms with Gasteiger partial charge < -0.3 is 5.32 Å². The SMILES string of the molecule is CNc1cc2c(cc1S(=O)(=O)NC1CCC(c3ccccc3)CC1)c(=O)[nH]c(=O)n2C. The third-order valence-electron chi connectivity index (χ3n) is 6.11. The summed E-state index contributed by atoms with van der Waals surface area (Å²) in [5.74, 6) is 0.440. The molecule has 0 amide bonds. The predicted octanol–water partition coefficient (Wildman–Crippen LogP) is 2.27. The van der Waals surface area contributed by atoms with Crippen molar-refractivity contribution in [2.75, 3.05) is 12.4 Å². The zero-order valence-corrected chi connectivity index (χ0v) is 18.3. The van der Waals surface area contributed by atoms with Gasteiger partial charge in [0.2, 0.25) is 10.0 Å². The maximum absolute atomic E-state index is 13.2. The molecular weight excluding hydrogens is 416 g/mol. The molecular formula is C22H26N4O4S. The molecule has 4 rings (SSSR count). The van der Waals surface area contributed by atoms with Gasteiger partial charge in [0.25, 0.3) is 5.56 Å². The molecule has 1 aromatic heterocycles. The van der Waals surface area contributed by atoms with Gasteiger partial charge in [-0.05, 0) is 49.3 Å². The highest BCUT2D eigenvalue weighted by atomic mass is 32.2. The lowest BCUT2D eigenvalue weighted by Gasteiger charge is -2.29. The second-order valence-electron chi connectivity index (χ2n) is 8.01. The molecule has 8 nitrogen and oxygen atoms in total. The minimum atomic E-state index is -3.87. The summed E-state index contributed by atoms with van der Waals surface area (Å²) in [5, 5.41) is 3.03. The summed E-state index contributed by atoms with van der Waals surface area (Å²) in [4.78, 5) is 26.4. The number of nitrogens with one attached hydrogen (secondary N) is 3. The number of hydrogen-bond acceptors (Lipinski definition) is 5. The fraction of sp³-hybridized carbons (Fsp3) is 0.364. The highest BCUT2D eigenvalue weighted by Gasteiger charge is 2.28. The Balaban J connectivity index is 1.60. The van der Waals surface area contributed by atoms with Crippen molar-refractivity contribution >= 4 is 26.6 Å². The van der Waals surface area contributed by atoms with Crippen LogP contribution in [-0.4, -0.2) is 31.1 Å². The van der Waals surface area contributed by atoms with E-state index in [2.05, 4.69) is 27.2 Å². The number of aryl methyl sites for hydroxylation is 1. The number of anilines is 1. The number of aromatic amines is 1. The van der Waals surface area contributed by atoms with E-state index in [1.54, 1.807) is 7.05 Å². The Bertz CT molecular complexity index is 1320. The smallest absolute Gasteiger partial charge is 0.328 e. The number of aromatic nitrogens is 2. The molecule has 2 aromatic carbocycles. The number of rotatable bonds is 5. The first-order chi connectivity index (χ1) is 14.8.